The van der Waals surface area contributed by atoms with Crippen molar-refractivity contribution in [3.63, 3.8) is 0 Å². The van der Waals surface area contributed by atoms with Gasteiger partial charge in [-0.2, -0.15) is 5.10 Å². The zero-order chi connectivity index (χ0) is 14.8. The van der Waals surface area contributed by atoms with E-state index >= 15 is 0 Å². The molecule has 0 aliphatic heterocycles. The topological polar surface area (TPSA) is 50.9 Å². The predicted molar refractivity (Wildman–Crippen MR) is 83.0 cm³/mol. The van der Waals surface area contributed by atoms with E-state index < -0.39 is 6.10 Å². The third kappa shape index (κ3) is 2.81. The van der Waals surface area contributed by atoms with Gasteiger partial charge in [-0.05, 0) is 37.6 Å². The molecule has 0 aliphatic carbocycles. The van der Waals surface area contributed by atoms with Crippen molar-refractivity contribution in [1.82, 2.24) is 14.8 Å². The molecule has 1 aromatic carbocycles. The standard InChI is InChI=1S/C17H19N3O/c1-12(2)20-10-8-13(19-20)11-17(21)15-5-3-7-16-14(15)6-4-9-18-16/h3-10,12,17,21H,11H2,1-2H3. The number of rotatable bonds is 4. The zero-order valence-corrected chi connectivity index (χ0v) is 12.3. The molecule has 0 aliphatic rings. The van der Waals surface area contributed by atoms with Crippen molar-refractivity contribution in [1.29, 1.82) is 0 Å². The minimum Gasteiger partial charge on any atom is -0.388 e. The quantitative estimate of drug-likeness (QED) is 0.798. The van der Waals surface area contributed by atoms with E-state index in [4.69, 9.17) is 0 Å². The number of pyridine rings is 1. The van der Waals surface area contributed by atoms with Crippen molar-refractivity contribution < 1.29 is 5.11 Å². The second-order valence-electron chi connectivity index (χ2n) is 5.52. The number of aliphatic hydroxyl groups excluding tert-OH is 1. The Kier molecular flexibility index (Phi) is 3.71. The number of aromatic nitrogens is 3. The molecule has 0 bridgehead atoms. The zero-order valence-electron chi connectivity index (χ0n) is 12.3. The molecule has 0 saturated carbocycles. The number of fused-ring (bicyclic) bond motifs is 1. The van der Waals surface area contributed by atoms with Crippen molar-refractivity contribution in [2.24, 2.45) is 0 Å². The van der Waals surface area contributed by atoms with Crippen LogP contribution in [-0.4, -0.2) is 19.9 Å². The van der Waals surface area contributed by atoms with Crippen molar-refractivity contribution >= 4 is 10.9 Å². The second kappa shape index (κ2) is 5.66. The van der Waals surface area contributed by atoms with Gasteiger partial charge in [-0.25, -0.2) is 0 Å². The van der Waals surface area contributed by atoms with Gasteiger partial charge in [0, 0.05) is 30.2 Å². The average Bonchev–Trinajstić information content (AvgIpc) is 2.95. The molecule has 0 radical (unpaired) electrons. The van der Waals surface area contributed by atoms with Crippen LogP contribution in [0.2, 0.25) is 0 Å². The second-order valence-corrected chi connectivity index (χ2v) is 5.52. The Labute approximate surface area is 124 Å². The van der Waals surface area contributed by atoms with Gasteiger partial charge in [-0.1, -0.05) is 18.2 Å². The summed E-state index contributed by atoms with van der Waals surface area (Å²) in [5.41, 5.74) is 2.71. The van der Waals surface area contributed by atoms with Gasteiger partial charge in [0.1, 0.15) is 0 Å². The van der Waals surface area contributed by atoms with Crippen LogP contribution in [-0.2, 0) is 6.42 Å². The normalized spacial score (nSPS) is 13.0. The maximum atomic E-state index is 10.5. The number of benzene rings is 1. The fraction of sp³-hybridized carbons (Fsp3) is 0.294. The summed E-state index contributed by atoms with van der Waals surface area (Å²) in [6.07, 6.45) is 3.65. The Balaban J connectivity index is 1.88. The molecule has 3 rings (SSSR count). The van der Waals surface area contributed by atoms with Crippen LogP contribution >= 0.6 is 0 Å². The Morgan fingerprint density at radius 2 is 2.00 bits per heavy atom. The van der Waals surface area contributed by atoms with Crippen molar-refractivity contribution in [3.8, 4) is 0 Å². The number of nitrogens with zero attached hydrogens (tertiary/aromatic N) is 3. The molecule has 2 aromatic heterocycles. The molecule has 2 heterocycles. The van der Waals surface area contributed by atoms with E-state index in [2.05, 4.69) is 23.9 Å². The van der Waals surface area contributed by atoms with Crippen LogP contribution in [0, 0.1) is 0 Å². The van der Waals surface area contributed by atoms with Crippen LogP contribution in [0.4, 0.5) is 0 Å². The van der Waals surface area contributed by atoms with Crippen LogP contribution < -0.4 is 0 Å². The highest BCUT2D eigenvalue weighted by molar-refractivity contribution is 5.82. The smallest absolute Gasteiger partial charge is 0.0852 e. The van der Waals surface area contributed by atoms with E-state index in [0.717, 1.165) is 22.2 Å². The molecule has 1 atom stereocenters. The van der Waals surface area contributed by atoms with Crippen molar-refractivity contribution in [2.45, 2.75) is 32.4 Å². The van der Waals surface area contributed by atoms with Gasteiger partial charge >= 0.3 is 0 Å². The largest absolute Gasteiger partial charge is 0.388 e. The SMILES string of the molecule is CC(C)n1ccc(CC(O)c2cccc3ncccc23)n1. The molecule has 4 nitrogen and oxygen atoms in total. The predicted octanol–water partition coefficient (Wildman–Crippen LogP) is 3.29. The lowest BCUT2D eigenvalue weighted by molar-refractivity contribution is 0.178. The third-order valence-electron chi connectivity index (χ3n) is 3.63. The lowest BCUT2D eigenvalue weighted by Gasteiger charge is -2.12. The number of aliphatic hydroxyl groups is 1. The Morgan fingerprint density at radius 1 is 1.14 bits per heavy atom. The monoisotopic (exact) mass is 281 g/mol. The summed E-state index contributed by atoms with van der Waals surface area (Å²) in [7, 11) is 0. The highest BCUT2D eigenvalue weighted by atomic mass is 16.3. The van der Waals surface area contributed by atoms with Gasteiger partial charge in [0.25, 0.3) is 0 Å². The number of hydrogen-bond donors (Lipinski definition) is 1. The Bertz CT molecular complexity index is 743. The highest BCUT2D eigenvalue weighted by Gasteiger charge is 2.14. The molecule has 0 amide bonds. The summed E-state index contributed by atoms with van der Waals surface area (Å²) < 4.78 is 1.91. The first-order valence-electron chi connectivity index (χ1n) is 7.21. The molecule has 0 spiro atoms. The van der Waals surface area contributed by atoms with Crippen LogP contribution in [0.5, 0.6) is 0 Å². The first-order valence-corrected chi connectivity index (χ1v) is 7.21. The maximum absolute atomic E-state index is 10.5. The average molecular weight is 281 g/mol. The van der Waals surface area contributed by atoms with Crippen molar-refractivity contribution in [2.75, 3.05) is 0 Å². The molecule has 1 N–H and O–H groups in total. The maximum Gasteiger partial charge on any atom is 0.0852 e. The van der Waals surface area contributed by atoms with Gasteiger partial charge in [-0.3, -0.25) is 9.67 Å². The van der Waals surface area contributed by atoms with Crippen LogP contribution in [0.1, 0.15) is 37.3 Å². The van der Waals surface area contributed by atoms with Crippen LogP contribution in [0.15, 0.2) is 48.8 Å². The van der Waals surface area contributed by atoms with E-state index in [1.807, 2.05) is 47.3 Å². The molecule has 108 valence electrons. The summed E-state index contributed by atoms with van der Waals surface area (Å²) in [6.45, 7) is 4.17. The fourth-order valence-corrected chi connectivity index (χ4v) is 2.50. The summed E-state index contributed by atoms with van der Waals surface area (Å²) >= 11 is 0. The highest BCUT2D eigenvalue weighted by Crippen LogP contribution is 2.25. The van der Waals surface area contributed by atoms with E-state index in [0.29, 0.717) is 12.5 Å². The third-order valence-corrected chi connectivity index (χ3v) is 3.63. The van der Waals surface area contributed by atoms with Gasteiger partial charge in [0.15, 0.2) is 0 Å². The molecule has 4 heteroatoms. The van der Waals surface area contributed by atoms with Crippen LogP contribution in [0.3, 0.4) is 0 Å². The van der Waals surface area contributed by atoms with E-state index in [9.17, 15) is 5.11 Å². The first-order chi connectivity index (χ1) is 10.1. The molecule has 0 saturated heterocycles. The molecular formula is C17H19N3O. The molecule has 3 aromatic rings. The summed E-state index contributed by atoms with van der Waals surface area (Å²) in [5.74, 6) is 0. The molecule has 21 heavy (non-hydrogen) atoms. The van der Waals surface area contributed by atoms with E-state index in [1.165, 1.54) is 0 Å². The number of hydrogen-bond acceptors (Lipinski definition) is 3. The molecule has 0 fully saturated rings. The molecule has 1 unspecified atom stereocenters. The van der Waals surface area contributed by atoms with Gasteiger partial charge in [0.2, 0.25) is 0 Å². The lowest BCUT2D eigenvalue weighted by atomic mass is 10.0. The lowest BCUT2D eigenvalue weighted by Crippen LogP contribution is -2.06. The Hall–Kier alpha value is -2.20. The summed E-state index contributed by atoms with van der Waals surface area (Å²) in [6, 6.07) is 12.0. The van der Waals surface area contributed by atoms with E-state index in [1.54, 1.807) is 6.20 Å². The van der Waals surface area contributed by atoms with Crippen LogP contribution in [0.25, 0.3) is 10.9 Å². The van der Waals surface area contributed by atoms with Gasteiger partial charge in [0.05, 0.1) is 17.3 Å². The van der Waals surface area contributed by atoms with Gasteiger partial charge in [-0.15, -0.1) is 0 Å². The Morgan fingerprint density at radius 3 is 2.76 bits per heavy atom. The first kappa shape index (κ1) is 13.8. The fourth-order valence-electron chi connectivity index (χ4n) is 2.50. The minimum atomic E-state index is -0.576. The van der Waals surface area contributed by atoms with Crippen molar-refractivity contribution in [3.05, 3.63) is 60.0 Å². The summed E-state index contributed by atoms with van der Waals surface area (Å²) in [4.78, 5) is 4.33. The van der Waals surface area contributed by atoms with E-state index in [-0.39, 0.29) is 0 Å². The summed E-state index contributed by atoms with van der Waals surface area (Å²) in [5, 5.41) is 16.0. The minimum absolute atomic E-state index is 0.331. The van der Waals surface area contributed by atoms with Gasteiger partial charge < -0.3 is 5.11 Å². The molecular weight excluding hydrogens is 262 g/mol.